The minimum Gasteiger partial charge on any atom is -0.465 e. The van der Waals surface area contributed by atoms with Crippen molar-refractivity contribution < 1.29 is 19.1 Å². The number of nitrogens with one attached hydrogen (secondary N) is 2. The normalized spacial score (nSPS) is 18.7. The highest BCUT2D eigenvalue weighted by Gasteiger charge is 2.22. The largest absolute Gasteiger partial charge is 0.465 e. The van der Waals surface area contributed by atoms with Crippen LogP contribution in [0.2, 0.25) is 0 Å². The molecule has 0 radical (unpaired) electrons. The molecule has 0 bridgehead atoms. The molecule has 22 heavy (non-hydrogen) atoms. The van der Waals surface area contributed by atoms with E-state index in [2.05, 4.69) is 15.4 Å². The number of hydrogen-bond donors (Lipinski definition) is 2. The smallest absolute Gasteiger partial charge is 0.337 e. The van der Waals surface area contributed by atoms with Gasteiger partial charge in [-0.25, -0.2) is 4.79 Å². The van der Waals surface area contributed by atoms with Crippen LogP contribution in [0, 0.1) is 0 Å². The second-order valence-corrected chi connectivity index (χ2v) is 4.93. The monoisotopic (exact) mass is 328 g/mol. The zero-order chi connectivity index (χ0) is 15.2. The molecule has 0 aliphatic carbocycles. The van der Waals surface area contributed by atoms with Crippen LogP contribution in [0.25, 0.3) is 0 Å². The number of benzene rings is 1. The van der Waals surface area contributed by atoms with E-state index in [0.29, 0.717) is 25.3 Å². The molecule has 2 N–H and O–H groups in total. The van der Waals surface area contributed by atoms with Crippen molar-refractivity contribution in [3.05, 3.63) is 35.4 Å². The van der Waals surface area contributed by atoms with Gasteiger partial charge in [0.1, 0.15) is 6.04 Å². The van der Waals surface area contributed by atoms with Gasteiger partial charge in [0.15, 0.2) is 0 Å². The molecule has 1 aromatic carbocycles. The lowest BCUT2D eigenvalue weighted by Crippen LogP contribution is -2.51. The molecule has 0 unspecified atom stereocenters. The summed E-state index contributed by atoms with van der Waals surface area (Å²) in [5, 5.41) is 6.04. The van der Waals surface area contributed by atoms with Gasteiger partial charge in [-0.1, -0.05) is 12.1 Å². The number of esters is 1. The summed E-state index contributed by atoms with van der Waals surface area (Å²) in [6.45, 7) is 3.60. The lowest BCUT2D eigenvalue weighted by molar-refractivity contribution is -0.126. The maximum Gasteiger partial charge on any atom is 0.337 e. The van der Waals surface area contributed by atoms with Gasteiger partial charge in [0.2, 0.25) is 5.91 Å². The highest BCUT2D eigenvalue weighted by Crippen LogP contribution is 2.14. The molecule has 1 aliphatic rings. The summed E-state index contributed by atoms with van der Waals surface area (Å²) in [5.74, 6) is -0.457. The predicted octanol–water partition coefficient (Wildman–Crippen LogP) is 1.06. The Kier molecular flexibility index (Phi) is 7.31. The van der Waals surface area contributed by atoms with Gasteiger partial charge in [-0.05, 0) is 24.6 Å². The maximum atomic E-state index is 12.1. The first-order chi connectivity index (χ1) is 10.1. The molecule has 122 valence electrons. The van der Waals surface area contributed by atoms with Crippen molar-refractivity contribution in [3.63, 3.8) is 0 Å². The minimum absolute atomic E-state index is 0. The average molecular weight is 329 g/mol. The maximum absolute atomic E-state index is 12.1. The minimum atomic E-state index is -0.373. The van der Waals surface area contributed by atoms with Crippen LogP contribution in [0.1, 0.15) is 28.9 Å². The van der Waals surface area contributed by atoms with Gasteiger partial charge in [0, 0.05) is 6.54 Å². The lowest BCUT2D eigenvalue weighted by Gasteiger charge is -2.25. The van der Waals surface area contributed by atoms with E-state index in [1.807, 2.05) is 19.1 Å². The van der Waals surface area contributed by atoms with Crippen molar-refractivity contribution in [2.75, 3.05) is 26.9 Å². The third-order valence-corrected chi connectivity index (χ3v) is 3.43. The van der Waals surface area contributed by atoms with Crippen molar-refractivity contribution in [1.29, 1.82) is 0 Å². The van der Waals surface area contributed by atoms with Gasteiger partial charge in [-0.2, -0.15) is 0 Å². The molecule has 1 aliphatic heterocycles. The lowest BCUT2D eigenvalue weighted by atomic mass is 10.1. The Morgan fingerprint density at radius 1 is 1.36 bits per heavy atom. The number of hydrogen-bond acceptors (Lipinski definition) is 5. The Morgan fingerprint density at radius 2 is 2.05 bits per heavy atom. The van der Waals surface area contributed by atoms with Crippen LogP contribution < -0.4 is 10.6 Å². The van der Waals surface area contributed by atoms with E-state index >= 15 is 0 Å². The third kappa shape index (κ3) is 4.69. The molecular weight excluding hydrogens is 308 g/mol. The van der Waals surface area contributed by atoms with E-state index in [9.17, 15) is 9.59 Å². The van der Waals surface area contributed by atoms with Crippen LogP contribution in [0.15, 0.2) is 24.3 Å². The summed E-state index contributed by atoms with van der Waals surface area (Å²) in [5.41, 5.74) is 1.41. The van der Waals surface area contributed by atoms with Gasteiger partial charge in [0.05, 0.1) is 31.9 Å². The zero-order valence-corrected chi connectivity index (χ0v) is 13.4. The SMILES string of the molecule is COC(=O)c1ccc([C@H](C)NC(=O)[C@H]2COCCN2)cc1.Cl. The zero-order valence-electron chi connectivity index (χ0n) is 12.6. The molecular formula is C15H21ClN2O4. The number of rotatable bonds is 4. The number of methoxy groups -OCH3 is 1. The molecule has 1 heterocycles. The second-order valence-electron chi connectivity index (χ2n) is 4.93. The predicted molar refractivity (Wildman–Crippen MR) is 84.2 cm³/mol. The van der Waals surface area contributed by atoms with E-state index in [4.69, 9.17) is 4.74 Å². The van der Waals surface area contributed by atoms with Crippen LogP contribution >= 0.6 is 12.4 Å². The second kappa shape index (κ2) is 8.73. The Morgan fingerprint density at radius 3 is 2.59 bits per heavy atom. The van der Waals surface area contributed by atoms with E-state index in [1.54, 1.807) is 12.1 Å². The fourth-order valence-electron chi connectivity index (χ4n) is 2.16. The number of carbonyl (C=O) groups excluding carboxylic acids is 2. The first-order valence-electron chi connectivity index (χ1n) is 6.91. The van der Waals surface area contributed by atoms with Crippen LogP contribution in [0.4, 0.5) is 0 Å². The summed E-state index contributed by atoms with van der Waals surface area (Å²) in [4.78, 5) is 23.4. The topological polar surface area (TPSA) is 76.7 Å². The standard InChI is InChI=1S/C15H20N2O4.ClH/c1-10(17-14(18)13-9-21-8-7-16-13)11-3-5-12(6-4-11)15(19)20-2;/h3-6,10,13,16H,7-9H2,1-2H3,(H,17,18);1H/t10-,13+;/m0./s1. The van der Waals surface area contributed by atoms with Gasteiger partial charge < -0.3 is 20.1 Å². The Bertz CT molecular complexity index is 501. The summed E-state index contributed by atoms with van der Waals surface area (Å²) >= 11 is 0. The molecule has 0 saturated carbocycles. The van der Waals surface area contributed by atoms with Crippen molar-refractivity contribution in [3.8, 4) is 0 Å². The molecule has 2 atom stereocenters. The number of ether oxygens (including phenoxy) is 2. The van der Waals surface area contributed by atoms with Gasteiger partial charge in [-0.3, -0.25) is 4.79 Å². The molecule has 6 nitrogen and oxygen atoms in total. The first-order valence-corrected chi connectivity index (χ1v) is 6.91. The van der Waals surface area contributed by atoms with Gasteiger partial charge >= 0.3 is 5.97 Å². The van der Waals surface area contributed by atoms with E-state index in [-0.39, 0.29) is 36.4 Å². The average Bonchev–Trinajstić information content (AvgIpc) is 2.55. The van der Waals surface area contributed by atoms with E-state index in [0.717, 1.165) is 5.56 Å². The molecule has 1 fully saturated rings. The number of halogens is 1. The molecule has 7 heteroatoms. The summed E-state index contributed by atoms with van der Waals surface area (Å²) in [6.07, 6.45) is 0. The van der Waals surface area contributed by atoms with Crippen LogP contribution in [0.3, 0.4) is 0 Å². The molecule has 0 aromatic heterocycles. The Labute approximate surface area is 136 Å². The summed E-state index contributed by atoms with van der Waals surface area (Å²) < 4.78 is 9.92. The Hall–Kier alpha value is -1.63. The molecule has 0 spiro atoms. The molecule has 1 amide bonds. The highest BCUT2D eigenvalue weighted by molar-refractivity contribution is 5.89. The van der Waals surface area contributed by atoms with Crippen LogP contribution in [-0.2, 0) is 14.3 Å². The molecule has 1 aromatic rings. The van der Waals surface area contributed by atoms with Crippen LogP contribution in [-0.4, -0.2) is 44.8 Å². The highest BCUT2D eigenvalue weighted by atomic mass is 35.5. The number of morpholine rings is 1. The Balaban J connectivity index is 0.00000242. The fourth-order valence-corrected chi connectivity index (χ4v) is 2.16. The third-order valence-electron chi connectivity index (χ3n) is 3.43. The molecule has 1 saturated heterocycles. The summed E-state index contributed by atoms with van der Waals surface area (Å²) in [7, 11) is 1.35. The first kappa shape index (κ1) is 18.4. The molecule has 2 rings (SSSR count). The van der Waals surface area contributed by atoms with Gasteiger partial charge in [-0.15, -0.1) is 12.4 Å². The fraction of sp³-hybridized carbons (Fsp3) is 0.467. The van der Waals surface area contributed by atoms with E-state index in [1.165, 1.54) is 7.11 Å². The van der Waals surface area contributed by atoms with Gasteiger partial charge in [0.25, 0.3) is 0 Å². The quantitative estimate of drug-likeness (QED) is 0.808. The van der Waals surface area contributed by atoms with Crippen molar-refractivity contribution in [1.82, 2.24) is 10.6 Å². The van der Waals surface area contributed by atoms with Crippen molar-refractivity contribution in [2.45, 2.75) is 19.0 Å². The van der Waals surface area contributed by atoms with Crippen molar-refractivity contribution in [2.24, 2.45) is 0 Å². The van der Waals surface area contributed by atoms with Crippen molar-refractivity contribution >= 4 is 24.3 Å². The van der Waals surface area contributed by atoms with Crippen LogP contribution in [0.5, 0.6) is 0 Å². The number of carbonyl (C=O) groups is 2. The number of amides is 1. The van der Waals surface area contributed by atoms with E-state index < -0.39 is 0 Å². The summed E-state index contributed by atoms with van der Waals surface area (Å²) in [6, 6.07) is 6.53.